The number of anilines is 1. The van der Waals surface area contributed by atoms with Crippen LogP contribution in [0.15, 0.2) is 24.3 Å². The molecule has 3 rings (SSSR count). The number of carbonyl (C=O) groups excluding carboxylic acids is 2. The molecule has 2 heterocycles. The SMILES string of the molecule is CC[C@@H](C)NC(=O)CCC(=O)NNc1nc2ccccc2c2nc(C)nn12. The molecule has 1 atom stereocenters. The number of hydrogen-bond acceptors (Lipinski definition) is 6. The number of nitrogens with zero attached hydrogens (tertiary/aromatic N) is 4. The van der Waals surface area contributed by atoms with Crippen LogP contribution in [0.1, 0.15) is 38.9 Å². The van der Waals surface area contributed by atoms with Crippen LogP contribution in [0.5, 0.6) is 0 Å². The zero-order chi connectivity index (χ0) is 19.4. The number of aryl methyl sites for hydroxylation is 1. The highest BCUT2D eigenvalue weighted by atomic mass is 16.2. The van der Waals surface area contributed by atoms with Crippen LogP contribution in [-0.2, 0) is 9.59 Å². The summed E-state index contributed by atoms with van der Waals surface area (Å²) in [6.07, 6.45) is 1.05. The average Bonchev–Trinajstić information content (AvgIpc) is 3.06. The third-order valence-corrected chi connectivity index (χ3v) is 4.20. The van der Waals surface area contributed by atoms with Gasteiger partial charge in [0.25, 0.3) is 0 Å². The van der Waals surface area contributed by atoms with Crippen molar-refractivity contribution in [3.63, 3.8) is 0 Å². The molecule has 27 heavy (non-hydrogen) atoms. The Bertz CT molecular complexity index is 982. The Morgan fingerprint density at radius 2 is 1.89 bits per heavy atom. The van der Waals surface area contributed by atoms with Gasteiger partial charge in [0.15, 0.2) is 5.65 Å². The summed E-state index contributed by atoms with van der Waals surface area (Å²) in [6.45, 7) is 5.71. The van der Waals surface area contributed by atoms with Gasteiger partial charge in [-0.2, -0.15) is 4.52 Å². The largest absolute Gasteiger partial charge is 0.354 e. The Labute approximate surface area is 156 Å². The molecular weight excluding hydrogens is 346 g/mol. The zero-order valence-electron chi connectivity index (χ0n) is 15.6. The maximum Gasteiger partial charge on any atom is 0.245 e. The topological polar surface area (TPSA) is 113 Å². The Morgan fingerprint density at radius 1 is 1.15 bits per heavy atom. The molecule has 0 saturated carbocycles. The summed E-state index contributed by atoms with van der Waals surface area (Å²) in [5.74, 6) is 0.498. The summed E-state index contributed by atoms with van der Waals surface area (Å²) >= 11 is 0. The Balaban J connectivity index is 1.67. The number of carbonyl (C=O) groups is 2. The number of amides is 2. The molecule has 0 aliphatic heterocycles. The Hall–Kier alpha value is -3.23. The third kappa shape index (κ3) is 4.30. The van der Waals surface area contributed by atoms with Crippen LogP contribution in [0.3, 0.4) is 0 Å². The molecule has 0 fully saturated rings. The summed E-state index contributed by atoms with van der Waals surface area (Å²) in [5.41, 5.74) is 6.75. The number of para-hydroxylation sites is 1. The van der Waals surface area contributed by atoms with Gasteiger partial charge in [-0.3, -0.25) is 20.4 Å². The van der Waals surface area contributed by atoms with E-state index in [1.165, 1.54) is 0 Å². The molecule has 0 aliphatic carbocycles. The first-order valence-corrected chi connectivity index (χ1v) is 8.94. The highest BCUT2D eigenvalue weighted by molar-refractivity contribution is 5.92. The van der Waals surface area contributed by atoms with Crippen LogP contribution >= 0.6 is 0 Å². The Kier molecular flexibility index (Phi) is 5.49. The fourth-order valence-electron chi connectivity index (χ4n) is 2.60. The molecule has 0 bridgehead atoms. The van der Waals surface area contributed by atoms with Gasteiger partial charge in [-0.05, 0) is 32.4 Å². The van der Waals surface area contributed by atoms with Crippen LogP contribution in [0, 0.1) is 6.92 Å². The van der Waals surface area contributed by atoms with Gasteiger partial charge in [-0.25, -0.2) is 9.97 Å². The first kappa shape index (κ1) is 18.6. The molecule has 0 saturated heterocycles. The summed E-state index contributed by atoms with van der Waals surface area (Å²) < 4.78 is 1.55. The van der Waals surface area contributed by atoms with Crippen molar-refractivity contribution in [1.82, 2.24) is 30.3 Å². The van der Waals surface area contributed by atoms with Gasteiger partial charge < -0.3 is 5.32 Å². The van der Waals surface area contributed by atoms with Crippen molar-refractivity contribution in [2.45, 2.75) is 46.1 Å². The van der Waals surface area contributed by atoms with Gasteiger partial charge in [0.2, 0.25) is 17.8 Å². The number of aromatic nitrogens is 4. The number of hydrazine groups is 1. The molecule has 2 aromatic heterocycles. The minimum Gasteiger partial charge on any atom is -0.354 e. The van der Waals surface area contributed by atoms with E-state index in [0.717, 1.165) is 17.3 Å². The number of nitrogens with one attached hydrogen (secondary N) is 3. The lowest BCUT2D eigenvalue weighted by atomic mass is 10.2. The number of benzene rings is 1. The van der Waals surface area contributed by atoms with Gasteiger partial charge in [-0.1, -0.05) is 19.1 Å². The van der Waals surface area contributed by atoms with E-state index < -0.39 is 0 Å². The number of hydrogen-bond donors (Lipinski definition) is 3. The number of fused-ring (bicyclic) bond motifs is 3. The van der Waals surface area contributed by atoms with Crippen LogP contribution in [0.25, 0.3) is 16.6 Å². The molecule has 0 aliphatic rings. The van der Waals surface area contributed by atoms with Crippen molar-refractivity contribution in [3.8, 4) is 0 Å². The minimum atomic E-state index is -0.311. The van der Waals surface area contributed by atoms with E-state index in [4.69, 9.17) is 0 Å². The molecule has 1 aromatic carbocycles. The van der Waals surface area contributed by atoms with Crippen molar-refractivity contribution in [2.24, 2.45) is 0 Å². The summed E-state index contributed by atoms with van der Waals surface area (Å²) in [6, 6.07) is 7.68. The Morgan fingerprint density at radius 3 is 2.67 bits per heavy atom. The molecule has 0 unspecified atom stereocenters. The van der Waals surface area contributed by atoms with E-state index >= 15 is 0 Å². The highest BCUT2D eigenvalue weighted by Gasteiger charge is 2.13. The van der Waals surface area contributed by atoms with Crippen LogP contribution in [0.2, 0.25) is 0 Å². The fourth-order valence-corrected chi connectivity index (χ4v) is 2.60. The normalized spacial score (nSPS) is 12.1. The molecule has 3 N–H and O–H groups in total. The average molecular weight is 369 g/mol. The molecule has 2 amide bonds. The first-order valence-electron chi connectivity index (χ1n) is 8.94. The van der Waals surface area contributed by atoms with Gasteiger partial charge >= 0.3 is 0 Å². The predicted octanol–water partition coefficient (Wildman–Crippen LogP) is 1.72. The van der Waals surface area contributed by atoms with Gasteiger partial charge in [0.1, 0.15) is 5.82 Å². The molecule has 142 valence electrons. The van der Waals surface area contributed by atoms with E-state index in [1.54, 1.807) is 11.4 Å². The van der Waals surface area contributed by atoms with Gasteiger partial charge in [0.05, 0.1) is 5.52 Å². The molecular formula is C18H23N7O2. The number of rotatable bonds is 7. The maximum atomic E-state index is 12.1. The first-order chi connectivity index (χ1) is 13.0. The molecule has 0 spiro atoms. The van der Waals surface area contributed by atoms with Crippen molar-refractivity contribution in [2.75, 3.05) is 5.43 Å². The highest BCUT2D eigenvalue weighted by Crippen LogP contribution is 2.19. The molecule has 0 radical (unpaired) electrons. The molecule has 9 heteroatoms. The van der Waals surface area contributed by atoms with Crippen LogP contribution in [0.4, 0.5) is 5.95 Å². The van der Waals surface area contributed by atoms with E-state index in [2.05, 4.69) is 31.2 Å². The summed E-state index contributed by atoms with van der Waals surface area (Å²) in [5, 5.41) is 8.03. The quantitative estimate of drug-likeness (QED) is 0.547. The monoisotopic (exact) mass is 369 g/mol. The van der Waals surface area contributed by atoms with Crippen LogP contribution in [-0.4, -0.2) is 37.4 Å². The van der Waals surface area contributed by atoms with E-state index in [1.807, 2.05) is 38.1 Å². The lowest BCUT2D eigenvalue weighted by Gasteiger charge is -2.12. The van der Waals surface area contributed by atoms with Gasteiger partial charge in [-0.15, -0.1) is 5.10 Å². The van der Waals surface area contributed by atoms with Crippen molar-refractivity contribution in [1.29, 1.82) is 0 Å². The zero-order valence-corrected chi connectivity index (χ0v) is 15.6. The lowest BCUT2D eigenvalue weighted by molar-refractivity contribution is -0.126. The third-order valence-electron chi connectivity index (χ3n) is 4.20. The van der Waals surface area contributed by atoms with E-state index in [0.29, 0.717) is 17.4 Å². The summed E-state index contributed by atoms with van der Waals surface area (Å²) in [4.78, 5) is 32.7. The van der Waals surface area contributed by atoms with E-state index in [9.17, 15) is 9.59 Å². The lowest BCUT2D eigenvalue weighted by Crippen LogP contribution is -2.35. The predicted molar refractivity (Wildman–Crippen MR) is 102 cm³/mol. The smallest absolute Gasteiger partial charge is 0.245 e. The van der Waals surface area contributed by atoms with Gasteiger partial charge in [0, 0.05) is 24.3 Å². The van der Waals surface area contributed by atoms with Crippen LogP contribution < -0.4 is 16.2 Å². The molecule has 3 aromatic rings. The van der Waals surface area contributed by atoms with Crippen molar-refractivity contribution in [3.05, 3.63) is 30.1 Å². The second-order valence-electron chi connectivity index (χ2n) is 6.40. The van der Waals surface area contributed by atoms with Crippen molar-refractivity contribution >= 4 is 34.3 Å². The van der Waals surface area contributed by atoms with E-state index in [-0.39, 0.29) is 30.7 Å². The second-order valence-corrected chi connectivity index (χ2v) is 6.40. The standard InChI is InChI=1S/C18H23N7O2/c1-4-11(2)19-15(26)9-10-16(27)22-23-18-21-14-8-6-5-7-13(14)17-20-12(3)24-25(17)18/h5-8,11H,4,9-10H2,1-3H3,(H,19,26)(H,21,23)(H,22,27)/t11-/m1/s1. The minimum absolute atomic E-state index is 0.0718. The molecule has 9 nitrogen and oxygen atoms in total. The maximum absolute atomic E-state index is 12.1. The van der Waals surface area contributed by atoms with Crippen molar-refractivity contribution < 1.29 is 9.59 Å². The second kappa shape index (κ2) is 7.98. The fraction of sp³-hybridized carbons (Fsp3) is 0.389. The summed E-state index contributed by atoms with van der Waals surface area (Å²) in [7, 11) is 0.